The number of sulfonamides is 1. The van der Waals surface area contributed by atoms with Crippen LogP contribution >= 0.6 is 0 Å². The van der Waals surface area contributed by atoms with E-state index in [-0.39, 0.29) is 23.0 Å². The van der Waals surface area contributed by atoms with Gasteiger partial charge < -0.3 is 9.47 Å². The zero-order valence-electron chi connectivity index (χ0n) is 23.0. The molecule has 0 aromatic heterocycles. The average Bonchev–Trinajstić information content (AvgIpc) is 3.36. The molecule has 0 bridgehead atoms. The number of fused-ring (bicyclic) bond motifs is 1. The Morgan fingerprint density at radius 2 is 1.42 bits per heavy atom. The van der Waals surface area contributed by atoms with Gasteiger partial charge in [0.05, 0.1) is 4.90 Å². The van der Waals surface area contributed by atoms with Crippen LogP contribution < -0.4 is 9.47 Å². The lowest BCUT2D eigenvalue weighted by Crippen LogP contribution is -2.42. The summed E-state index contributed by atoms with van der Waals surface area (Å²) >= 11 is 0. The summed E-state index contributed by atoms with van der Waals surface area (Å²) in [7, 11) is -3.70. The summed E-state index contributed by atoms with van der Waals surface area (Å²) in [5.74, 6) is 1.26. The molecule has 0 amide bonds. The Bertz CT molecular complexity index is 1240. The van der Waals surface area contributed by atoms with Crippen molar-refractivity contribution in [3.8, 4) is 11.5 Å². The molecular weight excluding hydrogens is 496 g/mol. The van der Waals surface area contributed by atoms with Crippen molar-refractivity contribution in [2.75, 3.05) is 26.4 Å². The summed E-state index contributed by atoms with van der Waals surface area (Å²) in [6, 6.07) is 25.9. The van der Waals surface area contributed by atoms with E-state index >= 15 is 0 Å². The van der Waals surface area contributed by atoms with Crippen molar-refractivity contribution in [1.29, 1.82) is 0 Å². The molecule has 0 unspecified atom stereocenters. The molecule has 1 heterocycles. The average molecular weight is 537 g/mol. The van der Waals surface area contributed by atoms with Gasteiger partial charge in [-0.15, -0.1) is 0 Å². The van der Waals surface area contributed by atoms with E-state index in [2.05, 4.69) is 81.1 Å². The molecule has 6 nitrogen and oxygen atoms in total. The second-order valence-electron chi connectivity index (χ2n) is 11.3. The quantitative estimate of drug-likeness (QED) is 0.261. The van der Waals surface area contributed by atoms with Crippen molar-refractivity contribution in [1.82, 2.24) is 9.21 Å². The number of ether oxygens (including phenoxy) is 2. The Hall–Kier alpha value is -2.87. The first-order valence-corrected chi connectivity index (χ1v) is 14.8. The summed E-state index contributed by atoms with van der Waals surface area (Å²) < 4.78 is 40.0. The Labute approximate surface area is 228 Å². The molecule has 0 spiro atoms. The number of benzene rings is 3. The highest BCUT2D eigenvalue weighted by molar-refractivity contribution is 7.89. The molecular formula is C31H40N2O4S. The van der Waals surface area contributed by atoms with E-state index < -0.39 is 10.0 Å². The normalized spacial score (nSPS) is 13.6. The summed E-state index contributed by atoms with van der Waals surface area (Å²) in [5, 5.41) is 0. The third kappa shape index (κ3) is 7.59. The Morgan fingerprint density at radius 1 is 0.842 bits per heavy atom. The van der Waals surface area contributed by atoms with Crippen molar-refractivity contribution < 1.29 is 17.9 Å². The van der Waals surface area contributed by atoms with E-state index in [1.807, 2.05) is 12.1 Å². The third-order valence-corrected chi connectivity index (χ3v) is 8.57. The van der Waals surface area contributed by atoms with Crippen molar-refractivity contribution in [2.45, 2.75) is 52.1 Å². The van der Waals surface area contributed by atoms with E-state index in [1.54, 1.807) is 22.5 Å². The fourth-order valence-corrected chi connectivity index (χ4v) is 6.56. The third-order valence-electron chi connectivity index (χ3n) is 6.76. The molecule has 7 heteroatoms. The van der Waals surface area contributed by atoms with Crippen molar-refractivity contribution in [3.63, 3.8) is 0 Å². The Morgan fingerprint density at radius 3 is 2.00 bits per heavy atom. The molecule has 0 fully saturated rings. The number of hydrogen-bond acceptors (Lipinski definition) is 5. The summed E-state index contributed by atoms with van der Waals surface area (Å²) in [6.45, 7) is 12.0. The zero-order chi connectivity index (χ0) is 27.2. The molecule has 38 heavy (non-hydrogen) atoms. The maximum Gasteiger partial charge on any atom is 0.243 e. The van der Waals surface area contributed by atoms with E-state index in [0.29, 0.717) is 24.6 Å². The number of rotatable bonds is 13. The van der Waals surface area contributed by atoms with Crippen LogP contribution in [0.5, 0.6) is 11.5 Å². The molecule has 0 saturated carbocycles. The summed E-state index contributed by atoms with van der Waals surface area (Å²) in [6.07, 6.45) is 0.859. The highest BCUT2D eigenvalue weighted by Crippen LogP contribution is 2.35. The fourth-order valence-electron chi connectivity index (χ4n) is 4.76. The Kier molecular flexibility index (Phi) is 9.13. The molecule has 0 aliphatic carbocycles. The molecule has 4 rings (SSSR count). The van der Waals surface area contributed by atoms with Gasteiger partial charge >= 0.3 is 0 Å². The topological polar surface area (TPSA) is 59.1 Å². The molecule has 204 valence electrons. The van der Waals surface area contributed by atoms with Crippen LogP contribution in [0.4, 0.5) is 0 Å². The minimum absolute atomic E-state index is 0.115. The van der Waals surface area contributed by atoms with Crippen molar-refractivity contribution in [2.24, 2.45) is 11.3 Å². The van der Waals surface area contributed by atoms with Gasteiger partial charge in [0, 0.05) is 32.2 Å². The second kappa shape index (κ2) is 12.3. The van der Waals surface area contributed by atoms with E-state index in [1.165, 1.54) is 11.1 Å². The first-order valence-electron chi connectivity index (χ1n) is 13.3. The Balaban J connectivity index is 1.49. The molecule has 0 atom stereocenters. The molecule has 3 aromatic carbocycles. The number of hydrogen-bond donors (Lipinski definition) is 0. The first-order chi connectivity index (χ1) is 18.1. The van der Waals surface area contributed by atoms with Gasteiger partial charge in [0.15, 0.2) is 11.5 Å². The lowest BCUT2D eigenvalue weighted by Gasteiger charge is -2.35. The minimum atomic E-state index is -3.70. The van der Waals surface area contributed by atoms with Crippen molar-refractivity contribution in [3.05, 3.63) is 90.0 Å². The summed E-state index contributed by atoms with van der Waals surface area (Å²) in [5.41, 5.74) is 2.31. The lowest BCUT2D eigenvalue weighted by molar-refractivity contribution is 0.173. The molecule has 0 radical (unpaired) electrons. The van der Waals surface area contributed by atoms with Gasteiger partial charge in [-0.2, -0.15) is 4.31 Å². The van der Waals surface area contributed by atoms with Gasteiger partial charge in [0.2, 0.25) is 16.8 Å². The van der Waals surface area contributed by atoms with Crippen LogP contribution in [0, 0.1) is 11.3 Å². The lowest BCUT2D eigenvalue weighted by atomic mass is 9.88. The highest BCUT2D eigenvalue weighted by atomic mass is 32.2. The SMILES string of the molecule is CC(C)CN(CC(C)(C)CCN(Cc1ccccc1)Cc1ccccc1)S(=O)(=O)c1ccc2c(c1)OCO2. The maximum atomic E-state index is 13.8. The molecule has 1 aliphatic heterocycles. The van der Waals surface area contributed by atoms with Gasteiger partial charge in [0.25, 0.3) is 0 Å². The van der Waals surface area contributed by atoms with Gasteiger partial charge in [-0.25, -0.2) is 8.42 Å². The van der Waals surface area contributed by atoms with Crippen LogP contribution in [-0.4, -0.2) is 44.1 Å². The van der Waals surface area contributed by atoms with Crippen LogP contribution in [-0.2, 0) is 23.1 Å². The zero-order valence-corrected chi connectivity index (χ0v) is 23.8. The fraction of sp³-hybridized carbons (Fsp3) is 0.419. The smallest absolute Gasteiger partial charge is 0.243 e. The standard InChI is InChI=1S/C31H40N2O4S/c1-25(2)20-33(38(34,35)28-15-16-29-30(19-28)37-24-36-29)23-31(3,4)17-18-32(21-26-11-7-5-8-12-26)22-27-13-9-6-10-14-27/h5-16,19,25H,17-18,20-24H2,1-4H3. The van der Waals surface area contributed by atoms with Gasteiger partial charge in [0.1, 0.15) is 0 Å². The predicted molar refractivity (Wildman–Crippen MR) is 152 cm³/mol. The number of nitrogens with zero attached hydrogens (tertiary/aromatic N) is 2. The van der Waals surface area contributed by atoms with Crippen LogP contribution in [0.15, 0.2) is 83.8 Å². The molecule has 0 saturated heterocycles. The second-order valence-corrected chi connectivity index (χ2v) is 13.2. The van der Waals surface area contributed by atoms with Crippen LogP contribution in [0.3, 0.4) is 0 Å². The predicted octanol–water partition coefficient (Wildman–Crippen LogP) is 6.18. The van der Waals surface area contributed by atoms with Gasteiger partial charge in [-0.1, -0.05) is 88.4 Å². The molecule has 1 aliphatic rings. The highest BCUT2D eigenvalue weighted by Gasteiger charge is 2.32. The van der Waals surface area contributed by atoms with E-state index in [0.717, 1.165) is 26.1 Å². The van der Waals surface area contributed by atoms with E-state index in [9.17, 15) is 8.42 Å². The van der Waals surface area contributed by atoms with E-state index in [4.69, 9.17) is 9.47 Å². The van der Waals surface area contributed by atoms with Gasteiger partial charge in [-0.3, -0.25) is 4.90 Å². The van der Waals surface area contributed by atoms with Crippen LogP contribution in [0.2, 0.25) is 0 Å². The van der Waals surface area contributed by atoms with Crippen molar-refractivity contribution >= 4 is 10.0 Å². The molecule has 3 aromatic rings. The summed E-state index contributed by atoms with van der Waals surface area (Å²) in [4.78, 5) is 2.69. The largest absolute Gasteiger partial charge is 0.454 e. The van der Waals surface area contributed by atoms with Crippen LogP contribution in [0.25, 0.3) is 0 Å². The monoisotopic (exact) mass is 536 g/mol. The maximum absolute atomic E-state index is 13.8. The molecule has 0 N–H and O–H groups in total. The van der Waals surface area contributed by atoms with Crippen LogP contribution in [0.1, 0.15) is 45.2 Å². The van der Waals surface area contributed by atoms with Gasteiger partial charge in [-0.05, 0) is 47.6 Å². The minimum Gasteiger partial charge on any atom is -0.454 e. The first kappa shape index (κ1) is 28.1.